The minimum absolute atomic E-state index is 0.283. The number of rotatable bonds is 3. The molecule has 1 saturated heterocycles. The lowest BCUT2D eigenvalue weighted by Crippen LogP contribution is -2.63. The number of alkyl halides is 1. The molecule has 1 fully saturated rings. The fourth-order valence-corrected chi connectivity index (χ4v) is 1.98. The first-order valence-electron chi connectivity index (χ1n) is 4.98. The van der Waals surface area contributed by atoms with Crippen molar-refractivity contribution in [1.29, 1.82) is 0 Å². The van der Waals surface area contributed by atoms with Crippen LogP contribution in [0.1, 0.15) is 27.7 Å². The molecule has 3 heteroatoms. The van der Waals surface area contributed by atoms with Crippen molar-refractivity contribution >= 4 is 22.6 Å². The SMILES string of the molecule is CC(C)N1CC(N(C)C(C)(C)I)C1. The van der Waals surface area contributed by atoms with Crippen molar-refractivity contribution in [3.8, 4) is 0 Å². The van der Waals surface area contributed by atoms with Gasteiger partial charge < -0.3 is 0 Å². The van der Waals surface area contributed by atoms with Crippen molar-refractivity contribution in [3.05, 3.63) is 0 Å². The van der Waals surface area contributed by atoms with Crippen molar-refractivity contribution in [2.24, 2.45) is 0 Å². The predicted molar refractivity (Wildman–Crippen MR) is 66.4 cm³/mol. The second kappa shape index (κ2) is 4.03. The molecule has 0 radical (unpaired) electrons. The van der Waals surface area contributed by atoms with Gasteiger partial charge in [0.05, 0.1) is 3.55 Å². The minimum Gasteiger partial charge on any atom is -0.298 e. The van der Waals surface area contributed by atoms with Gasteiger partial charge in [-0.05, 0) is 34.7 Å². The molecular formula is C10H21IN2. The Bertz CT molecular complexity index is 168. The van der Waals surface area contributed by atoms with Crippen LogP contribution in [0.5, 0.6) is 0 Å². The van der Waals surface area contributed by atoms with E-state index >= 15 is 0 Å². The summed E-state index contributed by atoms with van der Waals surface area (Å²) in [6, 6.07) is 1.47. The molecule has 2 nitrogen and oxygen atoms in total. The Hall–Kier alpha value is 0.650. The van der Waals surface area contributed by atoms with Gasteiger partial charge >= 0.3 is 0 Å². The normalized spacial score (nSPS) is 21.2. The number of likely N-dealkylation sites (tertiary alicyclic amines) is 1. The Morgan fingerprint density at radius 3 is 2.15 bits per heavy atom. The summed E-state index contributed by atoms with van der Waals surface area (Å²) in [6.07, 6.45) is 0. The van der Waals surface area contributed by atoms with Crippen LogP contribution in [0, 0.1) is 0 Å². The molecule has 0 aromatic heterocycles. The van der Waals surface area contributed by atoms with E-state index in [1.54, 1.807) is 0 Å². The Labute approximate surface area is 95.8 Å². The van der Waals surface area contributed by atoms with Crippen LogP contribution in [-0.4, -0.2) is 45.6 Å². The van der Waals surface area contributed by atoms with Crippen LogP contribution in [0.25, 0.3) is 0 Å². The molecule has 78 valence electrons. The van der Waals surface area contributed by atoms with E-state index in [0.717, 1.165) is 6.04 Å². The molecule has 0 saturated carbocycles. The number of hydrogen-bond donors (Lipinski definition) is 0. The van der Waals surface area contributed by atoms with Crippen molar-refractivity contribution in [3.63, 3.8) is 0 Å². The van der Waals surface area contributed by atoms with Gasteiger partial charge in [0, 0.05) is 25.2 Å². The highest BCUT2D eigenvalue weighted by atomic mass is 127. The zero-order valence-corrected chi connectivity index (χ0v) is 11.5. The van der Waals surface area contributed by atoms with E-state index in [1.807, 2.05) is 0 Å². The predicted octanol–water partition coefficient (Wildman–Crippen LogP) is 2.18. The average molecular weight is 296 g/mol. The average Bonchev–Trinajstić information content (AvgIpc) is 1.80. The maximum Gasteiger partial charge on any atom is 0.0674 e. The van der Waals surface area contributed by atoms with Crippen molar-refractivity contribution in [2.45, 2.75) is 43.3 Å². The van der Waals surface area contributed by atoms with Gasteiger partial charge in [-0.3, -0.25) is 9.80 Å². The van der Waals surface area contributed by atoms with E-state index in [2.05, 4.69) is 67.1 Å². The number of likely N-dealkylation sites (N-methyl/N-ethyl adjacent to an activating group) is 1. The fourth-order valence-electron chi connectivity index (χ4n) is 1.59. The zero-order valence-electron chi connectivity index (χ0n) is 9.34. The third kappa shape index (κ3) is 2.80. The van der Waals surface area contributed by atoms with Crippen molar-refractivity contribution in [1.82, 2.24) is 9.80 Å². The summed E-state index contributed by atoms with van der Waals surface area (Å²) in [5.41, 5.74) is 0. The summed E-state index contributed by atoms with van der Waals surface area (Å²) in [6.45, 7) is 11.6. The third-order valence-corrected chi connectivity index (χ3v) is 3.77. The number of halogens is 1. The molecule has 0 aliphatic carbocycles. The molecule has 0 aromatic carbocycles. The maximum atomic E-state index is 2.52. The summed E-state index contributed by atoms with van der Waals surface area (Å²) >= 11 is 2.51. The first-order chi connectivity index (χ1) is 5.82. The van der Waals surface area contributed by atoms with Gasteiger partial charge in [0.25, 0.3) is 0 Å². The van der Waals surface area contributed by atoms with Crippen LogP contribution >= 0.6 is 22.6 Å². The van der Waals surface area contributed by atoms with Gasteiger partial charge in [-0.25, -0.2) is 0 Å². The monoisotopic (exact) mass is 296 g/mol. The van der Waals surface area contributed by atoms with Crippen LogP contribution < -0.4 is 0 Å². The lowest BCUT2D eigenvalue weighted by Gasteiger charge is -2.49. The molecule has 0 amide bonds. The highest BCUT2D eigenvalue weighted by molar-refractivity contribution is 14.1. The Morgan fingerprint density at radius 1 is 1.38 bits per heavy atom. The van der Waals surface area contributed by atoms with E-state index in [0.29, 0.717) is 6.04 Å². The highest BCUT2D eigenvalue weighted by Gasteiger charge is 2.36. The molecule has 1 heterocycles. The Kier molecular flexibility index (Phi) is 3.63. The summed E-state index contributed by atoms with van der Waals surface area (Å²) in [4.78, 5) is 5.00. The largest absolute Gasteiger partial charge is 0.298 e. The van der Waals surface area contributed by atoms with Gasteiger partial charge in [0.15, 0.2) is 0 Å². The second-order valence-electron chi connectivity index (χ2n) is 4.72. The minimum atomic E-state index is 0.283. The van der Waals surface area contributed by atoms with Gasteiger partial charge in [0.1, 0.15) is 0 Å². The molecule has 0 N–H and O–H groups in total. The van der Waals surface area contributed by atoms with E-state index in [9.17, 15) is 0 Å². The molecule has 0 bridgehead atoms. The zero-order chi connectivity index (χ0) is 10.2. The summed E-state index contributed by atoms with van der Waals surface area (Å²) in [5.74, 6) is 0. The molecule has 1 rings (SSSR count). The van der Waals surface area contributed by atoms with Crippen LogP contribution in [0.15, 0.2) is 0 Å². The molecule has 0 aromatic rings. The summed E-state index contributed by atoms with van der Waals surface area (Å²) < 4.78 is 0.283. The smallest absolute Gasteiger partial charge is 0.0674 e. The Balaban J connectivity index is 2.35. The van der Waals surface area contributed by atoms with E-state index in [-0.39, 0.29) is 3.55 Å². The van der Waals surface area contributed by atoms with Gasteiger partial charge in [-0.15, -0.1) is 0 Å². The topological polar surface area (TPSA) is 6.48 Å². The van der Waals surface area contributed by atoms with Crippen LogP contribution in [0.4, 0.5) is 0 Å². The highest BCUT2D eigenvalue weighted by Crippen LogP contribution is 2.27. The fraction of sp³-hybridized carbons (Fsp3) is 1.00. The quantitative estimate of drug-likeness (QED) is 0.447. The van der Waals surface area contributed by atoms with E-state index in [1.165, 1.54) is 13.1 Å². The van der Waals surface area contributed by atoms with Crippen LogP contribution in [0.2, 0.25) is 0 Å². The molecule has 13 heavy (non-hydrogen) atoms. The van der Waals surface area contributed by atoms with Crippen LogP contribution in [0.3, 0.4) is 0 Å². The first-order valence-corrected chi connectivity index (χ1v) is 6.06. The van der Waals surface area contributed by atoms with Crippen LogP contribution in [-0.2, 0) is 0 Å². The molecule has 1 aliphatic rings. The lowest BCUT2D eigenvalue weighted by atomic mass is 10.0. The van der Waals surface area contributed by atoms with Crippen molar-refractivity contribution in [2.75, 3.05) is 20.1 Å². The van der Waals surface area contributed by atoms with Gasteiger partial charge in [0.2, 0.25) is 0 Å². The Morgan fingerprint density at radius 2 is 1.85 bits per heavy atom. The molecule has 0 atom stereocenters. The second-order valence-corrected chi connectivity index (χ2v) is 7.36. The van der Waals surface area contributed by atoms with Gasteiger partial charge in [-0.1, -0.05) is 22.6 Å². The first kappa shape index (κ1) is 11.7. The molecule has 0 unspecified atom stereocenters. The van der Waals surface area contributed by atoms with Gasteiger partial charge in [-0.2, -0.15) is 0 Å². The van der Waals surface area contributed by atoms with E-state index < -0.39 is 0 Å². The van der Waals surface area contributed by atoms with E-state index in [4.69, 9.17) is 0 Å². The standard InChI is InChI=1S/C10H21IN2/c1-8(2)13-6-9(7-13)12(5)10(3,4)11/h8-9H,6-7H2,1-5H3. The van der Waals surface area contributed by atoms with Crippen molar-refractivity contribution < 1.29 is 0 Å². The maximum absolute atomic E-state index is 2.52. The summed E-state index contributed by atoms with van der Waals surface area (Å²) in [5, 5.41) is 0. The lowest BCUT2D eigenvalue weighted by molar-refractivity contribution is 0.00973. The third-order valence-electron chi connectivity index (χ3n) is 3.01. The summed E-state index contributed by atoms with van der Waals surface area (Å²) in [7, 11) is 2.23. The molecule has 1 aliphatic heterocycles. The molecular weight excluding hydrogens is 275 g/mol. The number of nitrogens with zero attached hydrogens (tertiary/aromatic N) is 2. The number of hydrogen-bond acceptors (Lipinski definition) is 2. The molecule has 0 spiro atoms.